The summed E-state index contributed by atoms with van der Waals surface area (Å²) in [5, 5.41) is 10.0. The van der Waals surface area contributed by atoms with Crippen molar-refractivity contribution in [2.45, 2.75) is 6.92 Å². The van der Waals surface area contributed by atoms with Gasteiger partial charge >= 0.3 is 0 Å². The Labute approximate surface area is 85.6 Å². The first-order valence-electron chi connectivity index (χ1n) is 4.62. The molecule has 0 unspecified atom stereocenters. The molecule has 0 radical (unpaired) electrons. The van der Waals surface area contributed by atoms with Crippen molar-refractivity contribution in [2.24, 2.45) is 0 Å². The Balaban J connectivity index is 3.34. The minimum atomic E-state index is 0.347. The monoisotopic (exact) mass is 194 g/mol. The van der Waals surface area contributed by atoms with E-state index in [1.54, 1.807) is 0 Å². The molecule has 0 spiro atoms. The fourth-order valence-electron chi connectivity index (χ4n) is 1.60. The van der Waals surface area contributed by atoms with Crippen LogP contribution in [0.3, 0.4) is 0 Å². The molecular formula is C11H18N2O. The van der Waals surface area contributed by atoms with Crippen LogP contribution in [0.4, 0.5) is 11.4 Å². The van der Waals surface area contributed by atoms with E-state index in [0.29, 0.717) is 5.75 Å². The first-order chi connectivity index (χ1) is 6.45. The highest BCUT2D eigenvalue weighted by Gasteiger charge is 2.12. The first-order valence-corrected chi connectivity index (χ1v) is 4.62. The second kappa shape index (κ2) is 3.78. The molecule has 1 aromatic carbocycles. The van der Waals surface area contributed by atoms with Crippen LogP contribution in [0.15, 0.2) is 12.1 Å². The van der Waals surface area contributed by atoms with Gasteiger partial charge in [-0.15, -0.1) is 0 Å². The number of nitrogens with zero attached hydrogens (tertiary/aromatic N) is 2. The Bertz CT molecular complexity index is 332. The van der Waals surface area contributed by atoms with Crippen LogP contribution in [0.25, 0.3) is 0 Å². The number of aromatic hydroxyl groups is 1. The summed E-state index contributed by atoms with van der Waals surface area (Å²) in [6.45, 7) is 1.99. The van der Waals surface area contributed by atoms with E-state index in [0.717, 1.165) is 16.9 Å². The highest BCUT2D eigenvalue weighted by molar-refractivity contribution is 5.74. The maximum atomic E-state index is 10.0. The van der Waals surface area contributed by atoms with Crippen LogP contribution in [0, 0.1) is 6.92 Å². The molecule has 0 aromatic heterocycles. The summed E-state index contributed by atoms with van der Waals surface area (Å²) >= 11 is 0. The van der Waals surface area contributed by atoms with E-state index >= 15 is 0 Å². The molecule has 3 nitrogen and oxygen atoms in total. The van der Waals surface area contributed by atoms with Crippen molar-refractivity contribution in [1.29, 1.82) is 0 Å². The van der Waals surface area contributed by atoms with E-state index in [4.69, 9.17) is 0 Å². The number of anilines is 2. The lowest BCUT2D eigenvalue weighted by atomic mass is 10.1. The summed E-state index contributed by atoms with van der Waals surface area (Å²) in [6, 6.07) is 3.95. The number of benzene rings is 1. The lowest BCUT2D eigenvalue weighted by Crippen LogP contribution is -2.14. The third-order valence-corrected chi connectivity index (χ3v) is 2.26. The molecule has 0 atom stereocenters. The van der Waals surface area contributed by atoms with Crippen LogP contribution in [0.5, 0.6) is 5.75 Å². The molecule has 0 saturated heterocycles. The van der Waals surface area contributed by atoms with Gasteiger partial charge < -0.3 is 14.9 Å². The van der Waals surface area contributed by atoms with Gasteiger partial charge in [0, 0.05) is 28.2 Å². The second-order valence-electron chi connectivity index (χ2n) is 3.89. The Morgan fingerprint density at radius 1 is 1.00 bits per heavy atom. The molecule has 0 bridgehead atoms. The number of hydrogen-bond donors (Lipinski definition) is 1. The molecule has 1 rings (SSSR count). The van der Waals surface area contributed by atoms with Crippen LogP contribution < -0.4 is 9.80 Å². The standard InChI is InChI=1S/C11H18N2O/c1-8-6-7-9(12(2)3)11(14)10(8)13(4)5/h6-7,14H,1-5H3. The summed E-state index contributed by atoms with van der Waals surface area (Å²) in [4.78, 5) is 3.83. The maximum Gasteiger partial charge on any atom is 0.162 e. The Kier molecular flexibility index (Phi) is 2.89. The van der Waals surface area contributed by atoms with Crippen LogP contribution in [0.2, 0.25) is 0 Å². The van der Waals surface area contributed by atoms with Gasteiger partial charge in [-0.1, -0.05) is 6.07 Å². The first kappa shape index (κ1) is 10.7. The van der Waals surface area contributed by atoms with Crippen LogP contribution in [-0.4, -0.2) is 33.3 Å². The highest BCUT2D eigenvalue weighted by Crippen LogP contribution is 2.37. The number of phenolic OH excluding ortho intramolecular Hbond substituents is 1. The third-order valence-electron chi connectivity index (χ3n) is 2.26. The summed E-state index contributed by atoms with van der Waals surface area (Å²) in [7, 11) is 7.70. The number of hydrogen-bond acceptors (Lipinski definition) is 3. The SMILES string of the molecule is Cc1ccc(N(C)C)c(O)c1N(C)C. The van der Waals surface area contributed by atoms with Gasteiger partial charge in [0.2, 0.25) is 0 Å². The smallest absolute Gasteiger partial charge is 0.162 e. The Hall–Kier alpha value is -1.38. The average Bonchev–Trinajstić information content (AvgIpc) is 2.02. The number of phenols is 1. The molecule has 0 saturated carbocycles. The van der Waals surface area contributed by atoms with E-state index in [2.05, 4.69) is 0 Å². The zero-order chi connectivity index (χ0) is 10.9. The zero-order valence-electron chi connectivity index (χ0n) is 9.50. The maximum absolute atomic E-state index is 10.0. The summed E-state index contributed by atoms with van der Waals surface area (Å²) in [5.41, 5.74) is 2.81. The van der Waals surface area contributed by atoms with Gasteiger partial charge in [0.15, 0.2) is 5.75 Å². The van der Waals surface area contributed by atoms with Gasteiger partial charge in [-0.05, 0) is 18.6 Å². The predicted molar refractivity (Wildman–Crippen MR) is 61.5 cm³/mol. The van der Waals surface area contributed by atoms with Gasteiger partial charge in [0.25, 0.3) is 0 Å². The highest BCUT2D eigenvalue weighted by atomic mass is 16.3. The number of aryl methyl sites for hydroxylation is 1. The van der Waals surface area contributed by atoms with Crippen molar-refractivity contribution in [2.75, 3.05) is 38.0 Å². The van der Waals surface area contributed by atoms with Gasteiger partial charge in [-0.3, -0.25) is 0 Å². The van der Waals surface area contributed by atoms with Crippen molar-refractivity contribution < 1.29 is 5.11 Å². The van der Waals surface area contributed by atoms with Gasteiger partial charge in [-0.2, -0.15) is 0 Å². The van der Waals surface area contributed by atoms with E-state index in [-0.39, 0.29) is 0 Å². The molecule has 0 aliphatic heterocycles. The molecule has 3 heteroatoms. The molecule has 0 aliphatic carbocycles. The second-order valence-corrected chi connectivity index (χ2v) is 3.89. The van der Waals surface area contributed by atoms with Crippen LogP contribution >= 0.6 is 0 Å². The van der Waals surface area contributed by atoms with E-state index in [9.17, 15) is 5.11 Å². The molecule has 0 aliphatic rings. The Morgan fingerprint density at radius 2 is 1.57 bits per heavy atom. The van der Waals surface area contributed by atoms with Crippen LogP contribution in [0.1, 0.15) is 5.56 Å². The predicted octanol–water partition coefficient (Wildman–Crippen LogP) is 1.83. The average molecular weight is 194 g/mol. The lowest BCUT2D eigenvalue weighted by molar-refractivity contribution is 0.475. The van der Waals surface area contributed by atoms with Crippen molar-refractivity contribution in [1.82, 2.24) is 0 Å². The minimum Gasteiger partial charge on any atom is -0.504 e. The van der Waals surface area contributed by atoms with E-state index in [1.807, 2.05) is 57.0 Å². The van der Waals surface area contributed by atoms with Crippen molar-refractivity contribution in [3.8, 4) is 5.75 Å². The summed E-state index contributed by atoms with van der Waals surface area (Å²) in [6.07, 6.45) is 0. The normalized spacial score (nSPS) is 10.1. The summed E-state index contributed by atoms with van der Waals surface area (Å²) in [5.74, 6) is 0.347. The molecule has 78 valence electrons. The number of rotatable bonds is 2. The third kappa shape index (κ3) is 1.76. The quantitative estimate of drug-likeness (QED) is 0.778. The van der Waals surface area contributed by atoms with Crippen LogP contribution in [-0.2, 0) is 0 Å². The topological polar surface area (TPSA) is 26.7 Å². The Morgan fingerprint density at radius 3 is 2.00 bits per heavy atom. The van der Waals surface area contributed by atoms with Crippen molar-refractivity contribution in [3.05, 3.63) is 17.7 Å². The van der Waals surface area contributed by atoms with Crippen molar-refractivity contribution >= 4 is 11.4 Å². The molecule has 0 amide bonds. The molecule has 1 N–H and O–H groups in total. The van der Waals surface area contributed by atoms with Gasteiger partial charge in [-0.25, -0.2) is 0 Å². The molecule has 0 fully saturated rings. The van der Waals surface area contributed by atoms with Crippen molar-refractivity contribution in [3.63, 3.8) is 0 Å². The molecule has 1 aromatic rings. The minimum absolute atomic E-state index is 0.347. The fourth-order valence-corrected chi connectivity index (χ4v) is 1.60. The lowest BCUT2D eigenvalue weighted by Gasteiger charge is -2.22. The summed E-state index contributed by atoms with van der Waals surface area (Å²) < 4.78 is 0. The molecule has 0 heterocycles. The van der Waals surface area contributed by atoms with E-state index < -0.39 is 0 Å². The van der Waals surface area contributed by atoms with Gasteiger partial charge in [0.1, 0.15) is 0 Å². The zero-order valence-corrected chi connectivity index (χ0v) is 9.50. The molecule has 14 heavy (non-hydrogen) atoms. The molecular weight excluding hydrogens is 176 g/mol. The fraction of sp³-hybridized carbons (Fsp3) is 0.455. The van der Waals surface area contributed by atoms with E-state index in [1.165, 1.54) is 0 Å². The van der Waals surface area contributed by atoms with Gasteiger partial charge in [0.05, 0.1) is 11.4 Å². The largest absolute Gasteiger partial charge is 0.504 e.